The number of ether oxygens (including phenoxy) is 1. The molecule has 2 atom stereocenters. The molecule has 0 spiro atoms. The van der Waals surface area contributed by atoms with E-state index in [2.05, 4.69) is 22.0 Å². The van der Waals surface area contributed by atoms with Crippen LogP contribution in [-0.4, -0.2) is 41.4 Å². The predicted molar refractivity (Wildman–Crippen MR) is 79.6 cm³/mol. The number of morpholine rings is 1. The Bertz CT molecular complexity index is 450. The molecular formula is C15H20BrNO2. The molecule has 2 rings (SSSR count). The van der Waals surface area contributed by atoms with Gasteiger partial charge in [0.15, 0.2) is 0 Å². The average molecular weight is 326 g/mol. The van der Waals surface area contributed by atoms with Gasteiger partial charge in [0.2, 0.25) is 5.91 Å². The summed E-state index contributed by atoms with van der Waals surface area (Å²) in [5.74, 6) is 0.187. The number of hydrogen-bond donors (Lipinski definition) is 0. The maximum Gasteiger partial charge on any atom is 0.227 e. The largest absolute Gasteiger partial charge is 0.373 e. The first-order chi connectivity index (χ1) is 9.10. The van der Waals surface area contributed by atoms with Gasteiger partial charge in [-0.25, -0.2) is 0 Å². The number of amides is 1. The van der Waals surface area contributed by atoms with Gasteiger partial charge in [0.25, 0.3) is 0 Å². The lowest BCUT2D eigenvalue weighted by atomic mass is 10.1. The summed E-state index contributed by atoms with van der Waals surface area (Å²) in [6, 6.07) is 8.30. The van der Waals surface area contributed by atoms with Gasteiger partial charge in [-0.15, -0.1) is 0 Å². The normalized spacial score (nSPS) is 23.4. The molecule has 0 N–H and O–H groups in total. The Morgan fingerprint density at radius 2 is 2.32 bits per heavy atom. The zero-order valence-corrected chi connectivity index (χ0v) is 13.0. The fourth-order valence-corrected chi connectivity index (χ4v) is 2.75. The van der Waals surface area contributed by atoms with Gasteiger partial charge in [0, 0.05) is 11.9 Å². The SMILES string of the molecule is Cc1cccc(CC(=O)N2CC(CBr)OCC2C)c1. The second-order valence-corrected chi connectivity index (χ2v) is 5.82. The Labute approximate surface area is 123 Å². The zero-order valence-electron chi connectivity index (χ0n) is 11.4. The minimum absolute atomic E-state index is 0.109. The Hall–Kier alpha value is -0.870. The van der Waals surface area contributed by atoms with Crippen LogP contribution in [0.4, 0.5) is 0 Å². The van der Waals surface area contributed by atoms with Crippen molar-refractivity contribution in [3.8, 4) is 0 Å². The minimum atomic E-state index is 0.109. The molecule has 1 amide bonds. The molecule has 0 bridgehead atoms. The number of benzene rings is 1. The summed E-state index contributed by atoms with van der Waals surface area (Å²) < 4.78 is 5.65. The highest BCUT2D eigenvalue weighted by Gasteiger charge is 2.28. The van der Waals surface area contributed by atoms with E-state index in [-0.39, 0.29) is 18.1 Å². The number of carbonyl (C=O) groups is 1. The molecule has 1 heterocycles. The molecule has 3 nitrogen and oxygen atoms in total. The van der Waals surface area contributed by atoms with Crippen LogP contribution in [0, 0.1) is 6.92 Å². The Morgan fingerprint density at radius 3 is 3.00 bits per heavy atom. The molecule has 104 valence electrons. The lowest BCUT2D eigenvalue weighted by molar-refractivity contribution is -0.142. The lowest BCUT2D eigenvalue weighted by Crippen LogP contribution is -2.52. The van der Waals surface area contributed by atoms with Crippen LogP contribution in [-0.2, 0) is 16.0 Å². The fraction of sp³-hybridized carbons (Fsp3) is 0.533. The van der Waals surface area contributed by atoms with Crippen LogP contribution in [0.2, 0.25) is 0 Å². The summed E-state index contributed by atoms with van der Waals surface area (Å²) in [5, 5.41) is 0.772. The van der Waals surface area contributed by atoms with E-state index < -0.39 is 0 Å². The second kappa shape index (κ2) is 6.53. The molecular weight excluding hydrogens is 306 g/mol. The Balaban J connectivity index is 2.02. The number of aryl methyl sites for hydroxylation is 1. The van der Waals surface area contributed by atoms with E-state index in [1.54, 1.807) is 0 Å². The monoisotopic (exact) mass is 325 g/mol. The van der Waals surface area contributed by atoms with Crippen LogP contribution in [0.5, 0.6) is 0 Å². The van der Waals surface area contributed by atoms with Crippen LogP contribution in [0.3, 0.4) is 0 Å². The number of carbonyl (C=O) groups excluding carboxylic acids is 1. The quantitative estimate of drug-likeness (QED) is 0.799. The van der Waals surface area contributed by atoms with Crippen LogP contribution in [0.15, 0.2) is 24.3 Å². The van der Waals surface area contributed by atoms with Crippen LogP contribution in [0.1, 0.15) is 18.1 Å². The highest BCUT2D eigenvalue weighted by atomic mass is 79.9. The summed E-state index contributed by atoms with van der Waals surface area (Å²) in [4.78, 5) is 14.3. The average Bonchev–Trinajstić information content (AvgIpc) is 2.39. The summed E-state index contributed by atoms with van der Waals surface area (Å²) in [6.07, 6.45) is 0.582. The predicted octanol–water partition coefficient (Wildman–Crippen LogP) is 2.55. The minimum Gasteiger partial charge on any atom is -0.373 e. The molecule has 1 aromatic carbocycles. The van der Waals surface area contributed by atoms with Crippen molar-refractivity contribution in [2.45, 2.75) is 32.4 Å². The van der Waals surface area contributed by atoms with Crippen LogP contribution >= 0.6 is 15.9 Å². The molecule has 0 aromatic heterocycles. The van der Waals surface area contributed by atoms with E-state index in [1.807, 2.05) is 36.9 Å². The smallest absolute Gasteiger partial charge is 0.227 e. The van der Waals surface area contributed by atoms with Crippen molar-refractivity contribution in [2.75, 3.05) is 18.5 Å². The summed E-state index contributed by atoms with van der Waals surface area (Å²) in [5.41, 5.74) is 2.28. The first-order valence-electron chi connectivity index (χ1n) is 6.62. The van der Waals surface area contributed by atoms with Crippen molar-refractivity contribution in [3.05, 3.63) is 35.4 Å². The van der Waals surface area contributed by atoms with Crippen molar-refractivity contribution >= 4 is 21.8 Å². The lowest BCUT2D eigenvalue weighted by Gasteiger charge is -2.37. The summed E-state index contributed by atoms with van der Waals surface area (Å²) in [6.45, 7) is 5.39. The Morgan fingerprint density at radius 1 is 1.53 bits per heavy atom. The van der Waals surface area contributed by atoms with E-state index in [0.717, 1.165) is 10.9 Å². The third-order valence-corrected chi connectivity index (χ3v) is 4.16. The number of nitrogens with zero attached hydrogens (tertiary/aromatic N) is 1. The standard InChI is InChI=1S/C15H20BrNO2/c1-11-4-3-5-13(6-11)7-15(18)17-9-14(8-16)19-10-12(17)2/h3-6,12,14H,7-10H2,1-2H3. The first kappa shape index (κ1) is 14.5. The molecule has 19 heavy (non-hydrogen) atoms. The van der Waals surface area contributed by atoms with Gasteiger partial charge < -0.3 is 9.64 Å². The van der Waals surface area contributed by atoms with Gasteiger partial charge in [-0.1, -0.05) is 45.8 Å². The van der Waals surface area contributed by atoms with Gasteiger partial charge in [-0.05, 0) is 19.4 Å². The van der Waals surface area contributed by atoms with Crippen molar-refractivity contribution in [3.63, 3.8) is 0 Å². The van der Waals surface area contributed by atoms with E-state index in [4.69, 9.17) is 4.74 Å². The Kier molecular flexibility index (Phi) is 4.99. The number of hydrogen-bond acceptors (Lipinski definition) is 2. The summed E-state index contributed by atoms with van der Waals surface area (Å²) in [7, 11) is 0. The molecule has 1 fully saturated rings. The first-order valence-corrected chi connectivity index (χ1v) is 7.75. The molecule has 1 aliphatic rings. The van der Waals surface area contributed by atoms with E-state index in [9.17, 15) is 4.79 Å². The molecule has 1 aliphatic heterocycles. The van der Waals surface area contributed by atoms with Gasteiger partial charge in [0.05, 0.1) is 25.2 Å². The molecule has 0 aliphatic carbocycles. The zero-order chi connectivity index (χ0) is 13.8. The molecule has 4 heteroatoms. The van der Waals surface area contributed by atoms with Gasteiger partial charge in [-0.2, -0.15) is 0 Å². The molecule has 1 saturated heterocycles. The van der Waals surface area contributed by atoms with Crippen LogP contribution < -0.4 is 0 Å². The van der Waals surface area contributed by atoms with Crippen molar-refractivity contribution in [2.24, 2.45) is 0 Å². The van der Waals surface area contributed by atoms with Crippen LogP contribution in [0.25, 0.3) is 0 Å². The van der Waals surface area contributed by atoms with E-state index >= 15 is 0 Å². The van der Waals surface area contributed by atoms with Crippen molar-refractivity contribution < 1.29 is 9.53 Å². The maximum atomic E-state index is 12.4. The number of rotatable bonds is 3. The molecule has 0 saturated carbocycles. The molecule has 1 aromatic rings. The van der Waals surface area contributed by atoms with Crippen molar-refractivity contribution in [1.29, 1.82) is 0 Å². The molecule has 0 radical (unpaired) electrons. The third kappa shape index (κ3) is 3.80. The van der Waals surface area contributed by atoms with Gasteiger partial charge in [-0.3, -0.25) is 4.79 Å². The van der Waals surface area contributed by atoms with E-state index in [1.165, 1.54) is 5.56 Å². The van der Waals surface area contributed by atoms with Crippen molar-refractivity contribution in [1.82, 2.24) is 4.90 Å². The maximum absolute atomic E-state index is 12.4. The second-order valence-electron chi connectivity index (χ2n) is 5.17. The highest BCUT2D eigenvalue weighted by Crippen LogP contribution is 2.15. The van der Waals surface area contributed by atoms with E-state index in [0.29, 0.717) is 19.6 Å². The topological polar surface area (TPSA) is 29.5 Å². The third-order valence-electron chi connectivity index (χ3n) is 3.44. The molecule has 2 unspecified atom stereocenters. The number of halogens is 1. The fourth-order valence-electron chi connectivity index (χ4n) is 2.36. The number of alkyl halides is 1. The van der Waals surface area contributed by atoms with Gasteiger partial charge in [0.1, 0.15) is 0 Å². The summed E-state index contributed by atoms with van der Waals surface area (Å²) >= 11 is 3.42. The highest BCUT2D eigenvalue weighted by molar-refractivity contribution is 9.09. The van der Waals surface area contributed by atoms with Gasteiger partial charge >= 0.3 is 0 Å².